The molecular formula is C15H22ClNO2. The highest BCUT2D eigenvalue weighted by molar-refractivity contribution is 6.30. The summed E-state index contributed by atoms with van der Waals surface area (Å²) in [6.45, 7) is 6.21. The molecule has 1 fully saturated rings. The van der Waals surface area contributed by atoms with Gasteiger partial charge in [-0.15, -0.1) is 0 Å². The van der Waals surface area contributed by atoms with Gasteiger partial charge in [0.25, 0.3) is 0 Å². The van der Waals surface area contributed by atoms with Gasteiger partial charge in [0.2, 0.25) is 0 Å². The van der Waals surface area contributed by atoms with Gasteiger partial charge in [-0.3, -0.25) is 0 Å². The van der Waals surface area contributed by atoms with E-state index >= 15 is 0 Å². The Labute approximate surface area is 120 Å². The third-order valence-corrected chi connectivity index (χ3v) is 4.15. The molecule has 2 unspecified atom stereocenters. The molecule has 0 radical (unpaired) electrons. The maximum Gasteiger partial charge on any atom is 0.120 e. The summed E-state index contributed by atoms with van der Waals surface area (Å²) in [6, 6.07) is 7.41. The van der Waals surface area contributed by atoms with E-state index in [1.165, 1.54) is 0 Å². The van der Waals surface area contributed by atoms with Gasteiger partial charge < -0.3 is 14.7 Å². The van der Waals surface area contributed by atoms with Crippen LogP contribution >= 0.6 is 11.6 Å². The molecule has 2 rings (SSSR count). The number of halogens is 1. The first-order valence-electron chi connectivity index (χ1n) is 6.94. The highest BCUT2D eigenvalue weighted by atomic mass is 35.5. The lowest BCUT2D eigenvalue weighted by atomic mass is 9.93. The molecule has 0 amide bonds. The number of hydrogen-bond donors (Lipinski definition) is 1. The van der Waals surface area contributed by atoms with Gasteiger partial charge in [-0.1, -0.05) is 24.6 Å². The van der Waals surface area contributed by atoms with Crippen LogP contribution in [0.15, 0.2) is 24.3 Å². The predicted octanol–water partition coefficient (Wildman–Crippen LogP) is 2.67. The van der Waals surface area contributed by atoms with Gasteiger partial charge in [0, 0.05) is 24.1 Å². The van der Waals surface area contributed by atoms with E-state index < -0.39 is 0 Å². The molecule has 1 N–H and O–H groups in total. The number of hydrogen-bond acceptors (Lipinski definition) is 3. The van der Waals surface area contributed by atoms with Crippen LogP contribution in [-0.2, 0) is 0 Å². The monoisotopic (exact) mass is 283 g/mol. The van der Waals surface area contributed by atoms with Crippen LogP contribution in [0.1, 0.15) is 13.3 Å². The molecule has 0 spiro atoms. The SMILES string of the molecule is CCN1CCC(C(CO)COc2cccc(Cl)c2)C1. The Kier molecular flexibility index (Phi) is 5.49. The van der Waals surface area contributed by atoms with Crippen molar-refractivity contribution in [3.8, 4) is 5.75 Å². The number of likely N-dealkylation sites (tertiary alicyclic amines) is 1. The maximum absolute atomic E-state index is 9.55. The van der Waals surface area contributed by atoms with E-state index in [9.17, 15) is 5.11 Å². The second-order valence-electron chi connectivity index (χ2n) is 5.15. The molecule has 19 heavy (non-hydrogen) atoms. The first-order valence-corrected chi connectivity index (χ1v) is 7.32. The fourth-order valence-electron chi connectivity index (χ4n) is 2.63. The van der Waals surface area contributed by atoms with Crippen LogP contribution in [0.4, 0.5) is 0 Å². The zero-order valence-electron chi connectivity index (χ0n) is 11.4. The summed E-state index contributed by atoms with van der Waals surface area (Å²) in [7, 11) is 0. The van der Waals surface area contributed by atoms with Crippen LogP contribution in [0.5, 0.6) is 5.75 Å². The normalized spacial score (nSPS) is 21.5. The Bertz CT molecular complexity index is 399. The topological polar surface area (TPSA) is 32.7 Å². The number of benzene rings is 1. The van der Waals surface area contributed by atoms with Gasteiger partial charge in [0.05, 0.1) is 6.61 Å². The molecule has 2 atom stereocenters. The minimum absolute atomic E-state index is 0.183. The Morgan fingerprint density at radius 2 is 2.37 bits per heavy atom. The van der Waals surface area contributed by atoms with E-state index in [4.69, 9.17) is 16.3 Å². The molecule has 4 heteroatoms. The van der Waals surface area contributed by atoms with Crippen molar-refractivity contribution in [1.82, 2.24) is 4.90 Å². The van der Waals surface area contributed by atoms with Gasteiger partial charge in [-0.2, -0.15) is 0 Å². The average molecular weight is 284 g/mol. The van der Waals surface area contributed by atoms with Crippen LogP contribution in [0.3, 0.4) is 0 Å². The summed E-state index contributed by atoms with van der Waals surface area (Å²) in [5.41, 5.74) is 0. The lowest BCUT2D eigenvalue weighted by molar-refractivity contribution is 0.119. The van der Waals surface area contributed by atoms with E-state index in [0.717, 1.165) is 31.8 Å². The number of ether oxygens (including phenoxy) is 1. The Morgan fingerprint density at radius 1 is 1.53 bits per heavy atom. The summed E-state index contributed by atoms with van der Waals surface area (Å²) in [4.78, 5) is 2.42. The summed E-state index contributed by atoms with van der Waals surface area (Å²) in [5, 5.41) is 10.2. The smallest absolute Gasteiger partial charge is 0.120 e. The summed E-state index contributed by atoms with van der Waals surface area (Å²) < 4.78 is 5.76. The van der Waals surface area contributed by atoms with Gasteiger partial charge in [-0.25, -0.2) is 0 Å². The van der Waals surface area contributed by atoms with Crippen LogP contribution in [0.25, 0.3) is 0 Å². The van der Waals surface area contributed by atoms with Crippen molar-refractivity contribution in [3.05, 3.63) is 29.3 Å². The number of aliphatic hydroxyl groups is 1. The predicted molar refractivity (Wildman–Crippen MR) is 77.7 cm³/mol. The second-order valence-corrected chi connectivity index (χ2v) is 5.59. The minimum Gasteiger partial charge on any atom is -0.493 e. The summed E-state index contributed by atoms with van der Waals surface area (Å²) >= 11 is 5.92. The Hall–Kier alpha value is -0.770. The molecule has 1 aliphatic rings. The van der Waals surface area contributed by atoms with E-state index in [1.54, 1.807) is 0 Å². The summed E-state index contributed by atoms with van der Waals surface area (Å²) in [6.07, 6.45) is 1.15. The highest BCUT2D eigenvalue weighted by Crippen LogP contribution is 2.25. The van der Waals surface area contributed by atoms with E-state index in [-0.39, 0.29) is 12.5 Å². The lowest BCUT2D eigenvalue weighted by Gasteiger charge is -2.22. The van der Waals surface area contributed by atoms with Gasteiger partial charge >= 0.3 is 0 Å². The fraction of sp³-hybridized carbons (Fsp3) is 0.600. The van der Waals surface area contributed by atoms with Crippen molar-refractivity contribution in [2.75, 3.05) is 32.8 Å². The molecular weight excluding hydrogens is 262 g/mol. The molecule has 1 saturated heterocycles. The summed E-state index contributed by atoms with van der Waals surface area (Å²) in [5.74, 6) is 1.51. The van der Waals surface area contributed by atoms with E-state index in [1.807, 2.05) is 24.3 Å². The molecule has 106 valence electrons. The molecule has 0 aliphatic carbocycles. The van der Waals surface area contributed by atoms with Crippen molar-refractivity contribution in [3.63, 3.8) is 0 Å². The lowest BCUT2D eigenvalue weighted by Crippen LogP contribution is -2.28. The number of nitrogens with zero attached hydrogens (tertiary/aromatic N) is 1. The molecule has 3 nitrogen and oxygen atoms in total. The van der Waals surface area contributed by atoms with Gasteiger partial charge in [0.15, 0.2) is 0 Å². The largest absolute Gasteiger partial charge is 0.493 e. The van der Waals surface area contributed by atoms with Gasteiger partial charge in [0.1, 0.15) is 5.75 Å². The maximum atomic E-state index is 9.55. The minimum atomic E-state index is 0.183. The number of aliphatic hydroxyl groups excluding tert-OH is 1. The Balaban J connectivity index is 1.86. The van der Waals surface area contributed by atoms with Crippen LogP contribution in [-0.4, -0.2) is 42.9 Å². The Morgan fingerprint density at radius 3 is 3.00 bits per heavy atom. The zero-order chi connectivity index (χ0) is 13.7. The molecule has 1 aromatic carbocycles. The number of rotatable bonds is 6. The van der Waals surface area contributed by atoms with Crippen LogP contribution in [0, 0.1) is 11.8 Å². The second kappa shape index (κ2) is 7.13. The first-order chi connectivity index (χ1) is 9.22. The van der Waals surface area contributed by atoms with Crippen LogP contribution < -0.4 is 4.74 Å². The first kappa shape index (κ1) is 14.6. The molecule has 0 saturated carbocycles. The van der Waals surface area contributed by atoms with Gasteiger partial charge in [-0.05, 0) is 43.6 Å². The van der Waals surface area contributed by atoms with Crippen molar-refractivity contribution < 1.29 is 9.84 Å². The van der Waals surface area contributed by atoms with Crippen molar-refractivity contribution in [1.29, 1.82) is 0 Å². The average Bonchev–Trinajstić information content (AvgIpc) is 2.88. The third kappa shape index (κ3) is 4.10. The molecule has 0 aromatic heterocycles. The molecule has 0 bridgehead atoms. The third-order valence-electron chi connectivity index (χ3n) is 3.92. The highest BCUT2D eigenvalue weighted by Gasteiger charge is 2.28. The molecule has 1 aliphatic heterocycles. The zero-order valence-corrected chi connectivity index (χ0v) is 12.1. The van der Waals surface area contributed by atoms with Crippen LogP contribution in [0.2, 0.25) is 5.02 Å². The van der Waals surface area contributed by atoms with E-state index in [2.05, 4.69) is 11.8 Å². The quantitative estimate of drug-likeness (QED) is 0.871. The van der Waals surface area contributed by atoms with E-state index in [0.29, 0.717) is 17.5 Å². The van der Waals surface area contributed by atoms with Crippen molar-refractivity contribution in [2.24, 2.45) is 11.8 Å². The molecule has 1 aromatic rings. The standard InChI is InChI=1S/C15H22ClNO2/c1-2-17-7-6-12(9-17)13(10-18)11-19-15-5-3-4-14(16)8-15/h3-5,8,12-13,18H,2,6-7,9-11H2,1H3. The van der Waals surface area contributed by atoms with Crippen molar-refractivity contribution >= 4 is 11.6 Å². The fourth-order valence-corrected chi connectivity index (χ4v) is 2.81. The van der Waals surface area contributed by atoms with Crippen molar-refractivity contribution in [2.45, 2.75) is 13.3 Å². The molecule has 1 heterocycles.